The van der Waals surface area contributed by atoms with Gasteiger partial charge in [0.25, 0.3) is 0 Å². The lowest BCUT2D eigenvalue weighted by Crippen LogP contribution is -2.40. The van der Waals surface area contributed by atoms with Crippen LogP contribution in [0.1, 0.15) is 32.6 Å². The molecule has 4 heteroatoms. The Morgan fingerprint density at radius 2 is 2.00 bits per heavy atom. The molecule has 2 rings (SSSR count). The second kappa shape index (κ2) is 5.00. The van der Waals surface area contributed by atoms with E-state index in [4.69, 9.17) is 4.42 Å². The Morgan fingerprint density at radius 1 is 1.37 bits per heavy atom. The predicted molar refractivity (Wildman–Crippen MR) is 80.4 cm³/mol. The monoisotopic (exact) mass is 323 g/mol. The Hall–Kier alpha value is -1.29. The normalized spacial score (nSPS) is 13.5. The highest BCUT2D eigenvalue weighted by Crippen LogP contribution is 2.29. The van der Waals surface area contributed by atoms with Gasteiger partial charge in [0, 0.05) is 12.4 Å². The van der Waals surface area contributed by atoms with Gasteiger partial charge >= 0.3 is 0 Å². The third-order valence-electron chi connectivity index (χ3n) is 3.27. The second-order valence-electron chi connectivity index (χ2n) is 5.25. The van der Waals surface area contributed by atoms with Crippen LogP contribution in [-0.2, 0) is 4.79 Å². The van der Waals surface area contributed by atoms with Crippen molar-refractivity contribution >= 4 is 32.8 Å². The summed E-state index contributed by atoms with van der Waals surface area (Å²) in [5.41, 5.74) is 0.850. The maximum atomic E-state index is 12.2. The van der Waals surface area contributed by atoms with Crippen LogP contribution >= 0.6 is 15.9 Å². The fourth-order valence-corrected chi connectivity index (χ4v) is 2.27. The molecule has 2 aromatic rings. The molecule has 0 saturated heterocycles. The molecule has 0 aliphatic heterocycles. The van der Waals surface area contributed by atoms with Crippen molar-refractivity contribution < 1.29 is 9.21 Å². The molecule has 0 bridgehead atoms. The summed E-state index contributed by atoms with van der Waals surface area (Å²) in [5.74, 6) is 0.828. The maximum Gasteiger partial charge on any atom is 0.239 e. The smallest absolute Gasteiger partial charge is 0.239 e. The third-order valence-corrected chi connectivity index (χ3v) is 3.61. The number of furan rings is 1. The Labute approximate surface area is 121 Å². The summed E-state index contributed by atoms with van der Waals surface area (Å²) in [5, 5.41) is 1.06. The highest BCUT2D eigenvalue weighted by Gasteiger charge is 2.31. The number of carbonyl (C=O) groups is 1. The van der Waals surface area contributed by atoms with Gasteiger partial charge in [0.2, 0.25) is 5.91 Å². The Bertz CT molecular complexity index is 564. The minimum absolute atomic E-state index is 0.0282. The van der Waals surface area contributed by atoms with Crippen LogP contribution < -0.4 is 0 Å². The molecule has 0 aliphatic carbocycles. The molecule has 1 aromatic carbocycles. The zero-order valence-electron chi connectivity index (χ0n) is 11.6. The number of halogens is 1. The molecule has 1 aromatic heterocycles. The van der Waals surface area contributed by atoms with Crippen LogP contribution in [-0.4, -0.2) is 22.2 Å². The summed E-state index contributed by atoms with van der Waals surface area (Å²) >= 11 is 3.40. The lowest BCUT2D eigenvalue weighted by atomic mass is 10.1. The Balaban J connectivity index is 2.28. The van der Waals surface area contributed by atoms with Crippen molar-refractivity contribution in [1.82, 2.24) is 4.90 Å². The van der Waals surface area contributed by atoms with E-state index in [-0.39, 0.29) is 11.9 Å². The molecule has 1 amide bonds. The van der Waals surface area contributed by atoms with Crippen molar-refractivity contribution in [1.29, 1.82) is 0 Å². The molecule has 1 unspecified atom stereocenters. The van der Waals surface area contributed by atoms with Gasteiger partial charge in [-0.05, 0) is 32.9 Å². The van der Waals surface area contributed by atoms with E-state index in [0.717, 1.165) is 16.7 Å². The number of nitrogens with zero attached hydrogens (tertiary/aromatic N) is 1. The van der Waals surface area contributed by atoms with Gasteiger partial charge < -0.3 is 9.32 Å². The summed E-state index contributed by atoms with van der Waals surface area (Å²) < 4.78 is 5.24. The zero-order chi connectivity index (χ0) is 14.2. The van der Waals surface area contributed by atoms with Crippen molar-refractivity contribution in [2.24, 2.45) is 0 Å². The summed E-state index contributed by atoms with van der Waals surface area (Å²) in [7, 11) is 1.79. The minimum Gasteiger partial charge on any atom is -0.459 e. The highest BCUT2D eigenvalue weighted by molar-refractivity contribution is 9.10. The number of carbonyl (C=O) groups excluding carboxylic acids is 1. The SMILES string of the molecule is CC(c1cc2ccccc2o1)N(C)C(=O)C(C)(C)Br. The predicted octanol–water partition coefficient (Wildman–Crippen LogP) is 4.13. The molecule has 0 N–H and O–H groups in total. The first-order valence-electron chi connectivity index (χ1n) is 6.25. The molecular formula is C15H18BrNO2. The lowest BCUT2D eigenvalue weighted by Gasteiger charge is -2.28. The molecule has 1 atom stereocenters. The third kappa shape index (κ3) is 2.84. The topological polar surface area (TPSA) is 33.5 Å². The first kappa shape index (κ1) is 14.1. The van der Waals surface area contributed by atoms with Crippen LogP contribution in [0, 0.1) is 0 Å². The van der Waals surface area contributed by atoms with E-state index in [1.807, 2.05) is 51.1 Å². The molecule has 0 spiro atoms. The summed E-state index contributed by atoms with van der Waals surface area (Å²) in [6.45, 7) is 5.66. The quantitative estimate of drug-likeness (QED) is 0.796. The molecule has 0 saturated carbocycles. The van der Waals surface area contributed by atoms with E-state index in [2.05, 4.69) is 15.9 Å². The van der Waals surface area contributed by atoms with E-state index in [1.165, 1.54) is 0 Å². The average Bonchev–Trinajstić information content (AvgIpc) is 2.78. The van der Waals surface area contributed by atoms with Crippen LogP contribution in [0.3, 0.4) is 0 Å². The van der Waals surface area contributed by atoms with Gasteiger partial charge in [-0.25, -0.2) is 0 Å². The van der Waals surface area contributed by atoms with E-state index in [9.17, 15) is 4.79 Å². The van der Waals surface area contributed by atoms with Gasteiger partial charge in [0.1, 0.15) is 11.3 Å². The van der Waals surface area contributed by atoms with Crippen LogP contribution in [0.25, 0.3) is 11.0 Å². The number of para-hydroxylation sites is 1. The van der Waals surface area contributed by atoms with Crippen LogP contribution in [0.4, 0.5) is 0 Å². The van der Waals surface area contributed by atoms with Gasteiger partial charge in [-0.3, -0.25) is 4.79 Å². The fraction of sp³-hybridized carbons (Fsp3) is 0.400. The van der Waals surface area contributed by atoms with Crippen molar-refractivity contribution in [3.05, 3.63) is 36.1 Å². The van der Waals surface area contributed by atoms with Crippen molar-refractivity contribution in [3.8, 4) is 0 Å². The van der Waals surface area contributed by atoms with Crippen LogP contribution in [0.5, 0.6) is 0 Å². The van der Waals surface area contributed by atoms with Gasteiger partial charge in [-0.1, -0.05) is 34.1 Å². The number of amides is 1. The molecule has 3 nitrogen and oxygen atoms in total. The van der Waals surface area contributed by atoms with Gasteiger partial charge in [-0.2, -0.15) is 0 Å². The molecule has 102 valence electrons. The van der Waals surface area contributed by atoms with Crippen LogP contribution in [0.15, 0.2) is 34.7 Å². The molecule has 0 radical (unpaired) electrons. The number of fused-ring (bicyclic) bond motifs is 1. The zero-order valence-corrected chi connectivity index (χ0v) is 13.2. The number of alkyl halides is 1. The minimum atomic E-state index is -0.567. The van der Waals surface area contributed by atoms with Crippen molar-refractivity contribution in [2.45, 2.75) is 31.1 Å². The first-order valence-corrected chi connectivity index (χ1v) is 7.04. The van der Waals surface area contributed by atoms with E-state index in [0.29, 0.717) is 0 Å². The molecule has 1 heterocycles. The number of hydrogen-bond acceptors (Lipinski definition) is 2. The Morgan fingerprint density at radius 3 is 2.58 bits per heavy atom. The summed E-state index contributed by atoms with van der Waals surface area (Å²) in [6, 6.07) is 9.74. The van der Waals surface area contributed by atoms with Crippen LogP contribution in [0.2, 0.25) is 0 Å². The standard InChI is InChI=1S/C15H18BrNO2/c1-10(17(4)14(18)15(2,3)16)13-9-11-7-5-6-8-12(11)19-13/h5-10H,1-4H3. The van der Waals surface area contributed by atoms with E-state index < -0.39 is 4.32 Å². The van der Waals surface area contributed by atoms with E-state index >= 15 is 0 Å². The van der Waals surface area contributed by atoms with Gasteiger partial charge in [0.05, 0.1) is 10.4 Å². The number of rotatable bonds is 3. The highest BCUT2D eigenvalue weighted by atomic mass is 79.9. The van der Waals surface area contributed by atoms with Gasteiger partial charge in [-0.15, -0.1) is 0 Å². The molecular weight excluding hydrogens is 306 g/mol. The molecule has 19 heavy (non-hydrogen) atoms. The number of benzene rings is 1. The Kier molecular flexibility index (Phi) is 3.72. The van der Waals surface area contributed by atoms with Gasteiger partial charge in [0.15, 0.2) is 0 Å². The first-order chi connectivity index (χ1) is 8.80. The molecule has 0 aliphatic rings. The van der Waals surface area contributed by atoms with E-state index in [1.54, 1.807) is 11.9 Å². The summed E-state index contributed by atoms with van der Waals surface area (Å²) in [6.07, 6.45) is 0. The second-order valence-corrected chi connectivity index (χ2v) is 7.23. The molecule has 0 fully saturated rings. The largest absolute Gasteiger partial charge is 0.459 e. The van der Waals surface area contributed by atoms with Crippen molar-refractivity contribution in [3.63, 3.8) is 0 Å². The maximum absolute atomic E-state index is 12.2. The number of hydrogen-bond donors (Lipinski definition) is 0. The lowest BCUT2D eigenvalue weighted by molar-refractivity contribution is -0.133. The fourth-order valence-electron chi connectivity index (χ4n) is 1.99. The average molecular weight is 324 g/mol. The van der Waals surface area contributed by atoms with Crippen molar-refractivity contribution in [2.75, 3.05) is 7.05 Å². The summed E-state index contributed by atoms with van der Waals surface area (Å²) in [4.78, 5) is 13.9.